The van der Waals surface area contributed by atoms with Crippen molar-refractivity contribution in [3.8, 4) is 0 Å². The summed E-state index contributed by atoms with van der Waals surface area (Å²) in [7, 11) is 0. The van der Waals surface area contributed by atoms with Gasteiger partial charge in [-0.15, -0.1) is 0 Å². The van der Waals surface area contributed by atoms with Crippen LogP contribution < -0.4 is 0 Å². The van der Waals surface area contributed by atoms with Crippen molar-refractivity contribution in [2.24, 2.45) is 0 Å². The van der Waals surface area contributed by atoms with E-state index in [1.807, 2.05) is 0 Å². The van der Waals surface area contributed by atoms with E-state index < -0.39 is 17.9 Å². The van der Waals surface area contributed by atoms with Crippen molar-refractivity contribution < 1.29 is 29.7 Å². The van der Waals surface area contributed by atoms with E-state index in [-0.39, 0.29) is 18.0 Å². The molecule has 0 bridgehead atoms. The topological polar surface area (TPSA) is 112 Å². The van der Waals surface area contributed by atoms with Gasteiger partial charge in [-0.1, -0.05) is 54.6 Å². The van der Waals surface area contributed by atoms with Crippen molar-refractivity contribution in [2.45, 2.75) is 0 Å². The van der Waals surface area contributed by atoms with E-state index in [9.17, 15) is 14.4 Å². The number of carboxylic acids is 3. The van der Waals surface area contributed by atoms with E-state index in [1.165, 1.54) is 0 Å². The second kappa shape index (κ2) is 13.8. The maximum absolute atomic E-state index is 10.2. The maximum atomic E-state index is 10.2. The molecule has 3 aromatic rings. The summed E-state index contributed by atoms with van der Waals surface area (Å²) in [5, 5.41) is 25.2. The average molecular weight is 444 g/mol. The Labute approximate surface area is 173 Å². The third-order valence-electron chi connectivity index (χ3n) is 3.06. The van der Waals surface area contributed by atoms with E-state index in [1.54, 1.807) is 91.0 Å². The molecular weight excluding hydrogens is 423 g/mol. The van der Waals surface area contributed by atoms with Crippen molar-refractivity contribution in [3.05, 3.63) is 108 Å². The Morgan fingerprint density at radius 1 is 0.429 bits per heavy atom. The van der Waals surface area contributed by atoms with Crippen LogP contribution in [0.4, 0.5) is 0 Å². The van der Waals surface area contributed by atoms with Crippen LogP contribution in [0.1, 0.15) is 31.1 Å². The van der Waals surface area contributed by atoms with E-state index in [0.29, 0.717) is 16.7 Å². The van der Waals surface area contributed by atoms with E-state index >= 15 is 0 Å². The van der Waals surface area contributed by atoms with Gasteiger partial charge in [0.2, 0.25) is 0 Å². The molecule has 0 amide bonds. The van der Waals surface area contributed by atoms with Gasteiger partial charge in [-0.25, -0.2) is 14.4 Å². The van der Waals surface area contributed by atoms with Crippen molar-refractivity contribution in [3.63, 3.8) is 0 Å². The Morgan fingerprint density at radius 3 is 0.714 bits per heavy atom. The Hall–Kier alpha value is -3.37. The predicted octanol–water partition coefficient (Wildman–Crippen LogP) is 2.97. The Kier molecular flexibility index (Phi) is 12.1. The SMILES string of the molecule is O=C(O)c1ccccc1.O=C(O)c1ccccc1.O=C(O)c1ccccc1.[AsH3]. The molecule has 0 aliphatic carbocycles. The molecule has 0 saturated heterocycles. The first-order valence-electron chi connectivity index (χ1n) is 7.77. The molecule has 3 aromatic carbocycles. The summed E-state index contributed by atoms with van der Waals surface area (Å²) in [5.74, 6) is -2.64. The standard InChI is InChI=1S/3C7H6O2.AsH3/c3*8-7(9)6-4-2-1-3-5-6;/h3*1-5H,(H,8,9);1H3. The Morgan fingerprint density at radius 2 is 0.607 bits per heavy atom. The minimum absolute atomic E-state index is 0. The summed E-state index contributed by atoms with van der Waals surface area (Å²) in [6.07, 6.45) is 0. The fraction of sp³-hybridized carbons (Fsp3) is 0. The van der Waals surface area contributed by atoms with E-state index in [4.69, 9.17) is 15.3 Å². The van der Waals surface area contributed by atoms with Gasteiger partial charge in [0, 0.05) is 0 Å². The van der Waals surface area contributed by atoms with Crippen LogP contribution in [-0.2, 0) is 0 Å². The molecule has 3 rings (SSSR count). The summed E-state index contributed by atoms with van der Waals surface area (Å²) in [5.41, 5.74) is 0.993. The number of hydrogen-bond donors (Lipinski definition) is 3. The minimum atomic E-state index is -0.879. The number of carboxylic acid groups (broad SMARTS) is 3. The first-order valence-corrected chi connectivity index (χ1v) is 7.77. The van der Waals surface area contributed by atoms with Crippen LogP contribution in [0.25, 0.3) is 0 Å². The number of benzene rings is 3. The molecule has 7 heteroatoms. The molecule has 0 radical (unpaired) electrons. The normalized spacial score (nSPS) is 8.57. The third-order valence-corrected chi connectivity index (χ3v) is 3.06. The number of hydrogen-bond acceptors (Lipinski definition) is 3. The summed E-state index contributed by atoms with van der Waals surface area (Å²) in [4.78, 5) is 30.6. The molecule has 0 fully saturated rings. The molecule has 1 atom stereocenters. The van der Waals surface area contributed by atoms with Gasteiger partial charge in [-0.3, -0.25) is 0 Å². The van der Waals surface area contributed by atoms with Crippen LogP contribution in [0.15, 0.2) is 91.0 Å². The van der Waals surface area contributed by atoms with E-state index in [2.05, 4.69) is 0 Å². The number of carbonyl (C=O) groups is 3. The second-order valence-electron chi connectivity index (χ2n) is 5.01. The molecule has 0 aliphatic heterocycles. The molecule has 0 saturated carbocycles. The Bertz CT molecular complexity index is 734. The van der Waals surface area contributed by atoms with Gasteiger partial charge >= 0.3 is 35.9 Å². The Balaban J connectivity index is 0.000000384. The fourth-order valence-electron chi connectivity index (χ4n) is 1.74. The number of aromatic carboxylic acids is 3. The van der Waals surface area contributed by atoms with Gasteiger partial charge in [0.25, 0.3) is 0 Å². The zero-order valence-corrected chi connectivity index (χ0v) is 17.9. The van der Waals surface area contributed by atoms with Gasteiger partial charge in [0.1, 0.15) is 0 Å². The van der Waals surface area contributed by atoms with Crippen molar-refractivity contribution in [1.29, 1.82) is 0 Å². The van der Waals surface area contributed by atoms with Crippen LogP contribution in [-0.4, -0.2) is 51.2 Å². The molecule has 0 aromatic heterocycles. The molecule has 6 nitrogen and oxygen atoms in total. The van der Waals surface area contributed by atoms with Crippen LogP contribution >= 0.6 is 0 Å². The van der Waals surface area contributed by atoms with Crippen LogP contribution in [0.5, 0.6) is 0 Å². The summed E-state index contributed by atoms with van der Waals surface area (Å²) >= 11 is 0. The molecule has 28 heavy (non-hydrogen) atoms. The first kappa shape index (κ1) is 24.6. The van der Waals surface area contributed by atoms with Crippen molar-refractivity contribution in [1.82, 2.24) is 0 Å². The van der Waals surface area contributed by atoms with Gasteiger partial charge in [0.15, 0.2) is 0 Å². The molecule has 0 heterocycles. The number of rotatable bonds is 3. The molecule has 0 spiro atoms. The summed E-state index contributed by atoms with van der Waals surface area (Å²) in [6.45, 7) is 0. The average Bonchev–Trinajstić information content (AvgIpc) is 2.71. The predicted molar refractivity (Wildman–Crippen MR) is 110 cm³/mol. The van der Waals surface area contributed by atoms with Gasteiger partial charge in [-0.05, 0) is 36.4 Å². The van der Waals surface area contributed by atoms with Gasteiger partial charge in [0.05, 0.1) is 16.7 Å². The van der Waals surface area contributed by atoms with Crippen molar-refractivity contribution >= 4 is 35.9 Å². The van der Waals surface area contributed by atoms with Gasteiger partial charge in [-0.2, -0.15) is 0 Å². The van der Waals surface area contributed by atoms with Crippen LogP contribution in [0, 0.1) is 0 Å². The van der Waals surface area contributed by atoms with Crippen LogP contribution in [0.3, 0.4) is 0 Å². The van der Waals surface area contributed by atoms with E-state index in [0.717, 1.165) is 0 Å². The van der Waals surface area contributed by atoms with Crippen LogP contribution in [0.2, 0.25) is 0 Å². The molecule has 3 N–H and O–H groups in total. The first-order chi connectivity index (χ1) is 12.9. The fourth-order valence-corrected chi connectivity index (χ4v) is 1.74. The zero-order valence-electron chi connectivity index (χ0n) is 14.9. The quantitative estimate of drug-likeness (QED) is 0.536. The molecule has 146 valence electrons. The molecular formula is C21H21AsO6. The van der Waals surface area contributed by atoms with Gasteiger partial charge < -0.3 is 15.3 Å². The third kappa shape index (κ3) is 9.94. The zero-order chi connectivity index (χ0) is 20.1. The monoisotopic (exact) mass is 444 g/mol. The summed E-state index contributed by atoms with van der Waals surface area (Å²) < 4.78 is 0. The summed E-state index contributed by atoms with van der Waals surface area (Å²) in [6, 6.07) is 24.9. The molecule has 0 aliphatic rings. The molecule has 1 unspecified atom stereocenters. The van der Waals surface area contributed by atoms with Crippen molar-refractivity contribution in [2.75, 3.05) is 0 Å². The second-order valence-corrected chi connectivity index (χ2v) is 5.01.